The molecule has 6 heteroatoms. The number of ether oxygens (including phenoxy) is 1. The van der Waals surface area contributed by atoms with Crippen LogP contribution >= 0.6 is 0 Å². The van der Waals surface area contributed by atoms with Crippen molar-refractivity contribution in [2.45, 2.75) is 6.61 Å². The van der Waals surface area contributed by atoms with Crippen LogP contribution < -0.4 is 10.4 Å². The van der Waals surface area contributed by atoms with E-state index in [0.29, 0.717) is 23.8 Å². The van der Waals surface area contributed by atoms with Crippen LogP contribution in [-0.4, -0.2) is 18.8 Å². The van der Waals surface area contributed by atoms with E-state index in [1.807, 2.05) is 60.7 Å². The number of rotatable bonds is 3. The second-order valence-corrected chi connectivity index (χ2v) is 5.97. The third kappa shape index (κ3) is 2.23. The van der Waals surface area contributed by atoms with Crippen LogP contribution in [0.1, 0.15) is 5.56 Å². The molecule has 6 nitrogen and oxygen atoms in total. The molecule has 5 rings (SSSR count). The molecular formula is C20H14N4O2. The minimum absolute atomic E-state index is 0.219. The van der Waals surface area contributed by atoms with Crippen LogP contribution in [0.4, 0.5) is 0 Å². The number of nitrogens with zero attached hydrogens (tertiary/aromatic N) is 4. The maximum Gasteiger partial charge on any atom is 0.341 e. The number of fused-ring (bicyclic) bond motifs is 4. The number of hydrogen-bond donors (Lipinski definition) is 0. The van der Waals surface area contributed by atoms with Gasteiger partial charge in [0, 0.05) is 6.20 Å². The summed E-state index contributed by atoms with van der Waals surface area (Å²) < 4.78 is 8.93. The van der Waals surface area contributed by atoms with Gasteiger partial charge in [0.1, 0.15) is 6.61 Å². The van der Waals surface area contributed by atoms with E-state index < -0.39 is 0 Å². The molecule has 0 bridgehead atoms. The lowest BCUT2D eigenvalue weighted by molar-refractivity contribution is 0.308. The molecule has 0 aliphatic rings. The highest BCUT2D eigenvalue weighted by molar-refractivity contribution is 5.79. The van der Waals surface area contributed by atoms with Crippen molar-refractivity contribution in [2.24, 2.45) is 0 Å². The van der Waals surface area contributed by atoms with Crippen molar-refractivity contribution < 1.29 is 4.74 Å². The third-order valence-corrected chi connectivity index (χ3v) is 4.31. The van der Waals surface area contributed by atoms with Gasteiger partial charge in [-0.1, -0.05) is 42.5 Å². The van der Waals surface area contributed by atoms with Crippen LogP contribution in [0.5, 0.6) is 5.75 Å². The predicted molar refractivity (Wildman–Crippen MR) is 98.5 cm³/mol. The van der Waals surface area contributed by atoms with Gasteiger partial charge in [0.05, 0.1) is 11.0 Å². The Bertz CT molecular complexity index is 1310. The van der Waals surface area contributed by atoms with E-state index in [2.05, 4.69) is 9.97 Å². The predicted octanol–water partition coefficient (Wildman–Crippen LogP) is 3.07. The monoisotopic (exact) mass is 342 g/mol. The molecule has 5 aromatic rings. The fourth-order valence-corrected chi connectivity index (χ4v) is 3.07. The number of imidazole rings is 1. The highest BCUT2D eigenvalue weighted by atomic mass is 16.5. The highest BCUT2D eigenvalue weighted by Crippen LogP contribution is 2.20. The van der Waals surface area contributed by atoms with Crippen LogP contribution in [-0.2, 0) is 6.61 Å². The van der Waals surface area contributed by atoms with Crippen LogP contribution in [0, 0.1) is 0 Å². The van der Waals surface area contributed by atoms with Crippen molar-refractivity contribution >= 4 is 22.5 Å². The molecule has 0 atom stereocenters. The quantitative estimate of drug-likeness (QED) is 0.505. The van der Waals surface area contributed by atoms with Gasteiger partial charge in [-0.2, -0.15) is 4.98 Å². The number of pyridine rings is 1. The van der Waals surface area contributed by atoms with Crippen LogP contribution in [0.15, 0.2) is 77.7 Å². The topological polar surface area (TPSA) is 60.9 Å². The maximum atomic E-state index is 13.0. The lowest BCUT2D eigenvalue weighted by Gasteiger charge is -2.09. The van der Waals surface area contributed by atoms with Crippen LogP contribution in [0.25, 0.3) is 22.5 Å². The average molecular weight is 342 g/mol. The van der Waals surface area contributed by atoms with E-state index in [1.165, 1.54) is 8.80 Å². The summed E-state index contributed by atoms with van der Waals surface area (Å²) in [6.07, 6.45) is 1.69. The van der Waals surface area contributed by atoms with Gasteiger partial charge in [-0.25, -0.2) is 18.6 Å². The molecule has 3 aromatic heterocycles. The van der Waals surface area contributed by atoms with E-state index in [0.717, 1.165) is 16.6 Å². The van der Waals surface area contributed by atoms with Gasteiger partial charge in [-0.05, 0) is 29.8 Å². The zero-order valence-electron chi connectivity index (χ0n) is 13.7. The molecule has 0 aliphatic carbocycles. The fraction of sp³-hybridized carbons (Fsp3) is 0.0500. The molecule has 26 heavy (non-hydrogen) atoms. The van der Waals surface area contributed by atoms with E-state index in [1.54, 1.807) is 12.3 Å². The lowest BCUT2D eigenvalue weighted by atomic mass is 10.2. The Morgan fingerprint density at radius 2 is 1.69 bits per heavy atom. The molecule has 0 radical (unpaired) electrons. The van der Waals surface area contributed by atoms with E-state index in [9.17, 15) is 4.79 Å². The van der Waals surface area contributed by atoms with E-state index in [4.69, 9.17) is 4.74 Å². The SMILES string of the molecule is O=c1n2cccc(OCc3ccccc3)c2nc2nc3ccccc3n12. The number of benzene rings is 2. The molecule has 0 unspecified atom stereocenters. The Morgan fingerprint density at radius 1 is 0.885 bits per heavy atom. The van der Waals surface area contributed by atoms with Gasteiger partial charge >= 0.3 is 5.69 Å². The van der Waals surface area contributed by atoms with Crippen molar-refractivity contribution in [3.8, 4) is 5.75 Å². The maximum absolute atomic E-state index is 13.0. The standard InChI is InChI=1S/C20H14N4O2/c25-20-23-12-6-11-17(26-13-14-7-2-1-3-8-14)18(23)22-19-21-15-9-4-5-10-16(15)24(19)20/h1-12H,13H2. The van der Waals surface area contributed by atoms with Crippen LogP contribution in [0.3, 0.4) is 0 Å². The van der Waals surface area contributed by atoms with E-state index >= 15 is 0 Å². The minimum Gasteiger partial charge on any atom is -0.485 e. The summed E-state index contributed by atoms with van der Waals surface area (Å²) in [5.74, 6) is 0.912. The molecule has 3 heterocycles. The lowest BCUT2D eigenvalue weighted by Crippen LogP contribution is -2.23. The molecule has 0 saturated carbocycles. The Hall–Kier alpha value is -3.67. The molecule has 0 saturated heterocycles. The smallest absolute Gasteiger partial charge is 0.341 e. The first-order valence-corrected chi connectivity index (χ1v) is 8.26. The molecule has 0 amide bonds. The second-order valence-electron chi connectivity index (χ2n) is 5.97. The second kappa shape index (κ2) is 5.70. The number of aromatic nitrogens is 4. The van der Waals surface area contributed by atoms with Crippen LogP contribution in [0.2, 0.25) is 0 Å². The first-order chi connectivity index (χ1) is 12.8. The van der Waals surface area contributed by atoms with Gasteiger partial charge in [0.15, 0.2) is 11.4 Å². The molecule has 0 aliphatic heterocycles. The van der Waals surface area contributed by atoms with Gasteiger partial charge in [-0.15, -0.1) is 0 Å². The Morgan fingerprint density at radius 3 is 2.58 bits per heavy atom. The summed E-state index contributed by atoms with van der Waals surface area (Å²) >= 11 is 0. The number of para-hydroxylation sites is 2. The van der Waals surface area contributed by atoms with Crippen molar-refractivity contribution in [1.82, 2.24) is 18.8 Å². The summed E-state index contributed by atoms with van der Waals surface area (Å²) in [7, 11) is 0. The summed E-state index contributed by atoms with van der Waals surface area (Å²) in [6, 6.07) is 21.0. The Kier molecular flexibility index (Phi) is 3.21. The molecule has 0 spiro atoms. The third-order valence-electron chi connectivity index (χ3n) is 4.31. The molecule has 2 aromatic carbocycles. The molecular weight excluding hydrogens is 328 g/mol. The zero-order valence-corrected chi connectivity index (χ0v) is 13.7. The number of hydrogen-bond acceptors (Lipinski definition) is 4. The van der Waals surface area contributed by atoms with Crippen molar-refractivity contribution in [1.29, 1.82) is 0 Å². The molecule has 0 N–H and O–H groups in total. The summed E-state index contributed by atoms with van der Waals surface area (Å²) in [5.41, 5.74) is 2.76. The molecule has 0 fully saturated rings. The Balaban J connectivity index is 1.69. The summed E-state index contributed by atoms with van der Waals surface area (Å²) in [4.78, 5) is 22.0. The molecule has 126 valence electrons. The summed E-state index contributed by atoms with van der Waals surface area (Å²) in [6.45, 7) is 0.401. The van der Waals surface area contributed by atoms with Gasteiger partial charge in [-0.3, -0.25) is 0 Å². The van der Waals surface area contributed by atoms with Gasteiger partial charge in [0.25, 0.3) is 0 Å². The normalized spacial score (nSPS) is 11.4. The van der Waals surface area contributed by atoms with Crippen molar-refractivity contribution in [3.05, 3.63) is 89.0 Å². The minimum atomic E-state index is -0.219. The average Bonchev–Trinajstić information content (AvgIpc) is 3.06. The fourth-order valence-electron chi connectivity index (χ4n) is 3.07. The first-order valence-electron chi connectivity index (χ1n) is 8.26. The zero-order chi connectivity index (χ0) is 17.5. The largest absolute Gasteiger partial charge is 0.485 e. The first kappa shape index (κ1) is 14.7. The van der Waals surface area contributed by atoms with Crippen molar-refractivity contribution in [3.63, 3.8) is 0 Å². The Labute approximate surface area is 147 Å². The van der Waals surface area contributed by atoms with Crippen molar-refractivity contribution in [2.75, 3.05) is 0 Å². The summed E-state index contributed by atoms with van der Waals surface area (Å²) in [5, 5.41) is 0. The van der Waals surface area contributed by atoms with Gasteiger partial charge < -0.3 is 4.74 Å². The highest BCUT2D eigenvalue weighted by Gasteiger charge is 2.13. The van der Waals surface area contributed by atoms with E-state index in [-0.39, 0.29) is 5.69 Å². The van der Waals surface area contributed by atoms with Gasteiger partial charge in [0.2, 0.25) is 5.78 Å².